The number of hydrogen-bond donors (Lipinski definition) is 4. The van der Waals surface area contributed by atoms with Crippen molar-refractivity contribution in [3.8, 4) is 0 Å². The molecule has 4 aliphatic heterocycles. The molecule has 0 aliphatic carbocycles. The van der Waals surface area contributed by atoms with Crippen molar-refractivity contribution >= 4 is 17.1 Å². The number of quaternary nitrogens is 1. The summed E-state index contributed by atoms with van der Waals surface area (Å²) in [5.74, 6) is -1.25. The maximum Gasteiger partial charge on any atom is 0.154 e. The number of rotatable bonds is 6. The standard InChI is InChI=1S/C29H41F2N7O2/c1-19-16-37(17-20(2)33-19)23-5-3-22(4-6-23)34-29-32-15-21-7-10-38(39,28(21)35-29)24-13-26(30)25(27(31)14-24)18-36-8-11-40-12-9-36/h3-6,13-14,19-21,28-29,32-35H,7-12,15-18H2,1-2H3/t19-,20+,21?,28?,29?,38?. The van der Waals surface area contributed by atoms with Gasteiger partial charge in [-0.2, -0.15) is 0 Å². The summed E-state index contributed by atoms with van der Waals surface area (Å²) in [6.07, 6.45) is -0.174. The molecule has 0 amide bonds. The van der Waals surface area contributed by atoms with E-state index in [-0.39, 0.29) is 36.5 Å². The van der Waals surface area contributed by atoms with Crippen LogP contribution in [-0.4, -0.2) is 81.9 Å². The molecule has 2 aromatic rings. The third kappa shape index (κ3) is 5.69. The lowest BCUT2D eigenvalue weighted by molar-refractivity contribution is 0.0332. The maximum atomic E-state index is 15.2. The number of nitrogens with zero attached hydrogens (tertiary/aromatic N) is 3. The summed E-state index contributed by atoms with van der Waals surface area (Å²) in [6.45, 7) is 9.79. The first-order valence-electron chi connectivity index (χ1n) is 14.5. The van der Waals surface area contributed by atoms with Crippen molar-refractivity contribution in [2.45, 2.75) is 51.4 Å². The predicted octanol–water partition coefficient (Wildman–Crippen LogP) is 2.72. The Kier molecular flexibility index (Phi) is 7.97. The molecule has 4 aliphatic rings. The zero-order chi connectivity index (χ0) is 27.9. The Hall–Kier alpha value is -2.38. The van der Waals surface area contributed by atoms with Gasteiger partial charge in [-0.1, -0.05) is 0 Å². The molecular formula is C29H41F2N7O2. The Morgan fingerprint density at radius 2 is 1.70 bits per heavy atom. The van der Waals surface area contributed by atoms with E-state index < -0.39 is 22.4 Å². The molecular weight excluding hydrogens is 516 g/mol. The van der Waals surface area contributed by atoms with Gasteiger partial charge in [0.15, 0.2) is 6.17 Å². The van der Waals surface area contributed by atoms with Gasteiger partial charge in [-0.3, -0.25) is 10.2 Å². The van der Waals surface area contributed by atoms with Crippen LogP contribution < -0.4 is 30.8 Å². The van der Waals surface area contributed by atoms with E-state index in [4.69, 9.17) is 4.74 Å². The summed E-state index contributed by atoms with van der Waals surface area (Å²) in [5.41, 5.74) is 2.25. The van der Waals surface area contributed by atoms with E-state index in [1.807, 2.05) is 17.0 Å². The molecule has 2 aromatic carbocycles. The molecule has 0 spiro atoms. The molecule has 0 radical (unpaired) electrons. The molecule has 6 rings (SSSR count). The highest BCUT2D eigenvalue weighted by atomic mass is 19.1. The first-order valence-corrected chi connectivity index (χ1v) is 14.5. The second-order valence-corrected chi connectivity index (χ2v) is 11.9. The molecule has 4 N–H and O–H groups in total. The van der Waals surface area contributed by atoms with Crippen molar-refractivity contribution in [2.24, 2.45) is 5.92 Å². The van der Waals surface area contributed by atoms with Crippen molar-refractivity contribution in [1.82, 2.24) is 25.5 Å². The van der Waals surface area contributed by atoms with Gasteiger partial charge in [0.1, 0.15) is 23.6 Å². The fourth-order valence-electron chi connectivity index (χ4n) is 6.76. The lowest BCUT2D eigenvalue weighted by Crippen LogP contribution is -2.68. The van der Waals surface area contributed by atoms with Gasteiger partial charge in [0.25, 0.3) is 0 Å². The Balaban J connectivity index is 1.13. The summed E-state index contributed by atoms with van der Waals surface area (Å²) in [6, 6.07) is 11.7. The number of hydroxylamine groups is 2. The molecule has 9 nitrogen and oxygen atoms in total. The second kappa shape index (κ2) is 11.5. The number of anilines is 2. The Morgan fingerprint density at radius 1 is 1.02 bits per heavy atom. The van der Waals surface area contributed by atoms with Gasteiger partial charge in [-0.15, -0.1) is 0 Å². The minimum absolute atomic E-state index is 0.0130. The topological polar surface area (TPSA) is 86.9 Å². The van der Waals surface area contributed by atoms with E-state index in [1.165, 1.54) is 17.8 Å². The van der Waals surface area contributed by atoms with Crippen molar-refractivity contribution in [3.05, 3.63) is 58.8 Å². The average molecular weight is 558 g/mol. The summed E-state index contributed by atoms with van der Waals surface area (Å²) in [7, 11) is 0. The highest BCUT2D eigenvalue weighted by Crippen LogP contribution is 2.38. The molecule has 11 heteroatoms. The third-order valence-electron chi connectivity index (χ3n) is 8.80. The monoisotopic (exact) mass is 557 g/mol. The van der Waals surface area contributed by atoms with E-state index in [1.54, 1.807) is 0 Å². The Bertz CT molecular complexity index is 1150. The molecule has 218 valence electrons. The van der Waals surface area contributed by atoms with Crippen LogP contribution in [0.1, 0.15) is 25.8 Å². The number of hydrogen-bond acceptors (Lipinski definition) is 8. The zero-order valence-corrected chi connectivity index (χ0v) is 23.3. The minimum atomic E-state index is -0.783. The van der Waals surface area contributed by atoms with Crippen molar-refractivity contribution < 1.29 is 13.5 Å². The second-order valence-electron chi connectivity index (χ2n) is 11.9. The lowest BCUT2D eigenvalue weighted by atomic mass is 10.0. The number of halogens is 2. The molecule has 0 saturated carbocycles. The van der Waals surface area contributed by atoms with Crippen molar-refractivity contribution in [2.75, 3.05) is 62.7 Å². The summed E-state index contributed by atoms with van der Waals surface area (Å²) in [4.78, 5) is 4.36. The first-order chi connectivity index (χ1) is 19.3. The smallest absolute Gasteiger partial charge is 0.154 e. The fraction of sp³-hybridized carbons (Fsp3) is 0.586. The van der Waals surface area contributed by atoms with E-state index in [0.29, 0.717) is 51.4 Å². The maximum absolute atomic E-state index is 15.2. The van der Waals surface area contributed by atoms with Crippen LogP contribution >= 0.6 is 0 Å². The number of benzene rings is 2. The molecule has 0 aromatic heterocycles. The summed E-state index contributed by atoms with van der Waals surface area (Å²) >= 11 is 0. The summed E-state index contributed by atoms with van der Waals surface area (Å²) < 4.78 is 34.9. The molecule has 4 heterocycles. The van der Waals surface area contributed by atoms with Gasteiger partial charge in [-0.25, -0.2) is 14.1 Å². The lowest BCUT2D eigenvalue weighted by Gasteiger charge is -2.48. The van der Waals surface area contributed by atoms with Gasteiger partial charge in [-0.05, 0) is 38.1 Å². The predicted molar refractivity (Wildman–Crippen MR) is 154 cm³/mol. The van der Waals surface area contributed by atoms with Crippen molar-refractivity contribution in [3.63, 3.8) is 0 Å². The largest absolute Gasteiger partial charge is 0.626 e. The molecule has 4 unspecified atom stereocenters. The van der Waals surface area contributed by atoms with E-state index in [0.717, 1.165) is 18.8 Å². The van der Waals surface area contributed by atoms with E-state index in [2.05, 4.69) is 52.1 Å². The van der Waals surface area contributed by atoms with Crippen LogP contribution in [0.2, 0.25) is 0 Å². The molecule has 40 heavy (non-hydrogen) atoms. The van der Waals surface area contributed by atoms with Crippen molar-refractivity contribution in [1.29, 1.82) is 0 Å². The van der Waals surface area contributed by atoms with Crippen LogP contribution in [0.15, 0.2) is 36.4 Å². The van der Waals surface area contributed by atoms with Gasteiger partial charge in [0.05, 0.1) is 19.8 Å². The van der Waals surface area contributed by atoms with Crippen LogP contribution in [-0.2, 0) is 11.3 Å². The zero-order valence-electron chi connectivity index (χ0n) is 23.3. The number of piperazine rings is 1. The Morgan fingerprint density at radius 3 is 2.38 bits per heavy atom. The van der Waals surface area contributed by atoms with E-state index in [9.17, 15) is 5.21 Å². The SMILES string of the molecule is C[C@@H]1CN(c2ccc(NC3NCC4CC[N+]([O-])(c5cc(F)c(CN6CCOCC6)c(F)c5)C4N3)cc2)C[C@H](C)N1. The van der Waals surface area contributed by atoms with Crippen LogP contribution in [0.5, 0.6) is 0 Å². The average Bonchev–Trinajstić information content (AvgIpc) is 3.28. The minimum Gasteiger partial charge on any atom is -0.626 e. The van der Waals surface area contributed by atoms with Gasteiger partial charge >= 0.3 is 0 Å². The number of nitrogens with one attached hydrogen (secondary N) is 4. The summed E-state index contributed by atoms with van der Waals surface area (Å²) in [5, 5.41) is 28.1. The molecule has 0 bridgehead atoms. The van der Waals surface area contributed by atoms with Crippen LogP contribution in [0.4, 0.5) is 25.8 Å². The third-order valence-corrected chi connectivity index (χ3v) is 8.80. The number of morpholine rings is 1. The molecule has 4 fully saturated rings. The van der Waals surface area contributed by atoms with Gasteiger partial charge in [0.2, 0.25) is 0 Å². The van der Waals surface area contributed by atoms with Gasteiger partial charge < -0.3 is 30.1 Å². The Labute approximate surface area is 235 Å². The quantitative estimate of drug-likeness (QED) is 0.319. The number of ether oxygens (including phenoxy) is 1. The first kappa shape index (κ1) is 27.8. The molecule has 4 saturated heterocycles. The highest BCUT2D eigenvalue weighted by Gasteiger charge is 2.48. The van der Waals surface area contributed by atoms with Crippen LogP contribution in [0, 0.1) is 22.8 Å². The highest BCUT2D eigenvalue weighted by molar-refractivity contribution is 5.56. The van der Waals surface area contributed by atoms with Crippen LogP contribution in [0.25, 0.3) is 0 Å². The van der Waals surface area contributed by atoms with E-state index >= 15 is 8.78 Å². The number of fused-ring (bicyclic) bond motifs is 1. The molecule has 6 atom stereocenters. The van der Waals surface area contributed by atoms with Gasteiger partial charge in [0, 0.05) is 92.8 Å². The fourth-order valence-corrected chi connectivity index (χ4v) is 6.76. The normalized spacial score (nSPS) is 33.1. The van der Waals surface area contributed by atoms with Crippen LogP contribution in [0.3, 0.4) is 0 Å².